The van der Waals surface area contributed by atoms with Crippen molar-refractivity contribution < 1.29 is 14.3 Å². The molecule has 0 heterocycles. The molecular weight excluding hydrogens is 287 g/mol. The minimum atomic E-state index is -0.525. The van der Waals surface area contributed by atoms with E-state index in [9.17, 15) is 4.79 Å². The topological polar surface area (TPSA) is 35.5 Å². The van der Waals surface area contributed by atoms with Crippen LogP contribution in [-0.4, -0.2) is 18.7 Å². The molecule has 0 saturated carbocycles. The van der Waals surface area contributed by atoms with Gasteiger partial charge in [-0.3, -0.25) is 0 Å². The van der Waals surface area contributed by atoms with Crippen LogP contribution in [0, 0.1) is 0 Å². The molecule has 1 aromatic rings. The Morgan fingerprint density at radius 3 is 2.37 bits per heavy atom. The Balaban J connectivity index is 2.88. The molecule has 0 bridgehead atoms. The molecule has 3 nitrogen and oxygen atoms in total. The molecule has 0 saturated heterocycles. The van der Waals surface area contributed by atoms with Gasteiger partial charge >= 0.3 is 5.97 Å². The molecule has 1 rings (SSSR count). The van der Waals surface area contributed by atoms with Crippen LogP contribution in [0.4, 0.5) is 0 Å². The zero-order valence-electron chi connectivity index (χ0n) is 11.3. The van der Waals surface area contributed by atoms with Crippen molar-refractivity contribution in [2.24, 2.45) is 0 Å². The summed E-state index contributed by atoms with van der Waals surface area (Å²) in [5, 5.41) is 0.872. The van der Waals surface area contributed by atoms with Crippen LogP contribution < -0.4 is 4.74 Å². The lowest BCUT2D eigenvalue weighted by atomic mass is 10.2. The largest absolute Gasteiger partial charge is 0.495 e. The fourth-order valence-electron chi connectivity index (χ4n) is 1.32. The molecule has 5 heteroatoms. The minimum absolute atomic E-state index is 0.427. The maximum Gasteiger partial charge on any atom is 0.331 e. The molecule has 0 aromatic heterocycles. The second-order valence-electron chi connectivity index (χ2n) is 4.88. The molecule has 1 aromatic carbocycles. The summed E-state index contributed by atoms with van der Waals surface area (Å²) in [6, 6.07) is 3.22. The summed E-state index contributed by atoms with van der Waals surface area (Å²) in [4.78, 5) is 11.5. The molecule has 0 radical (unpaired) electrons. The number of hydrogen-bond donors (Lipinski definition) is 0. The van der Waals surface area contributed by atoms with Crippen LogP contribution in [-0.2, 0) is 9.53 Å². The monoisotopic (exact) mass is 302 g/mol. The third-order valence-corrected chi connectivity index (χ3v) is 2.70. The van der Waals surface area contributed by atoms with E-state index in [1.54, 1.807) is 39.0 Å². The highest BCUT2D eigenvalue weighted by molar-refractivity contribution is 6.35. The maximum atomic E-state index is 11.5. The molecule has 0 fully saturated rings. The molecule has 0 aliphatic carbocycles. The Kier molecular flexibility index (Phi) is 5.27. The predicted octanol–water partition coefficient (Wildman–Crippen LogP) is 4.36. The van der Waals surface area contributed by atoms with Gasteiger partial charge in [0, 0.05) is 12.1 Å². The summed E-state index contributed by atoms with van der Waals surface area (Å²) in [7, 11) is 1.51. The molecule has 0 aliphatic rings. The Morgan fingerprint density at radius 1 is 1.21 bits per heavy atom. The predicted molar refractivity (Wildman–Crippen MR) is 77.9 cm³/mol. The number of ether oxygens (including phenoxy) is 2. The second kappa shape index (κ2) is 6.31. The average molecular weight is 303 g/mol. The van der Waals surface area contributed by atoms with Crippen LogP contribution in [0.25, 0.3) is 6.08 Å². The second-order valence-corrected chi connectivity index (χ2v) is 5.69. The zero-order chi connectivity index (χ0) is 14.6. The molecule has 104 valence electrons. The fourth-order valence-corrected chi connectivity index (χ4v) is 1.79. The normalized spacial score (nSPS) is 11.7. The van der Waals surface area contributed by atoms with Gasteiger partial charge in [0.05, 0.1) is 17.2 Å². The quantitative estimate of drug-likeness (QED) is 0.615. The summed E-state index contributed by atoms with van der Waals surface area (Å²) < 4.78 is 10.2. The standard InChI is InChI=1S/C14H16Cl2O3/c1-14(2,3)19-13(17)6-5-9-7-11(16)12(18-4)8-10(9)15/h5-8H,1-4H3/b6-5+. The van der Waals surface area contributed by atoms with Crippen LogP contribution in [0.3, 0.4) is 0 Å². The van der Waals surface area contributed by atoms with Crippen molar-refractivity contribution >= 4 is 35.2 Å². The van der Waals surface area contributed by atoms with Gasteiger partial charge in [-0.25, -0.2) is 4.79 Å². The number of benzene rings is 1. The first-order valence-corrected chi connectivity index (χ1v) is 6.42. The van der Waals surface area contributed by atoms with Crippen molar-refractivity contribution in [3.05, 3.63) is 33.8 Å². The van der Waals surface area contributed by atoms with E-state index < -0.39 is 11.6 Å². The number of carbonyl (C=O) groups excluding carboxylic acids is 1. The molecule has 0 aliphatic heterocycles. The first kappa shape index (κ1) is 15.9. The van der Waals surface area contributed by atoms with Gasteiger partial charge in [0.1, 0.15) is 11.4 Å². The summed E-state index contributed by atoms with van der Waals surface area (Å²) in [5.41, 5.74) is 0.0984. The number of rotatable bonds is 3. The fraction of sp³-hybridized carbons (Fsp3) is 0.357. The van der Waals surface area contributed by atoms with E-state index in [0.29, 0.717) is 21.4 Å². The van der Waals surface area contributed by atoms with Crippen molar-refractivity contribution in [3.8, 4) is 5.75 Å². The Labute approximate surface area is 123 Å². The summed E-state index contributed by atoms with van der Waals surface area (Å²) in [6.45, 7) is 5.40. The van der Waals surface area contributed by atoms with Gasteiger partial charge in [-0.15, -0.1) is 0 Å². The number of methoxy groups -OCH3 is 1. The maximum absolute atomic E-state index is 11.5. The summed E-state index contributed by atoms with van der Waals surface area (Å²) in [5.74, 6) is 0.0524. The van der Waals surface area contributed by atoms with Gasteiger partial charge in [-0.1, -0.05) is 23.2 Å². The molecular formula is C14H16Cl2O3. The van der Waals surface area contributed by atoms with Crippen LogP contribution in [0.5, 0.6) is 5.75 Å². The minimum Gasteiger partial charge on any atom is -0.495 e. The van der Waals surface area contributed by atoms with E-state index in [1.165, 1.54) is 13.2 Å². The first-order valence-electron chi connectivity index (χ1n) is 5.67. The smallest absolute Gasteiger partial charge is 0.331 e. The zero-order valence-corrected chi connectivity index (χ0v) is 12.8. The number of hydrogen-bond acceptors (Lipinski definition) is 3. The van der Waals surface area contributed by atoms with E-state index >= 15 is 0 Å². The van der Waals surface area contributed by atoms with E-state index in [0.717, 1.165) is 0 Å². The molecule has 19 heavy (non-hydrogen) atoms. The first-order chi connectivity index (χ1) is 8.73. The SMILES string of the molecule is COc1cc(Cl)c(/C=C/C(=O)OC(C)(C)C)cc1Cl. The van der Waals surface area contributed by atoms with Crippen molar-refractivity contribution in [2.75, 3.05) is 7.11 Å². The molecule has 0 N–H and O–H groups in total. The third kappa shape index (κ3) is 5.13. The highest BCUT2D eigenvalue weighted by Gasteiger charge is 2.14. The van der Waals surface area contributed by atoms with Gasteiger partial charge in [-0.2, -0.15) is 0 Å². The van der Waals surface area contributed by atoms with Gasteiger partial charge in [0.2, 0.25) is 0 Å². The van der Waals surface area contributed by atoms with Crippen LogP contribution in [0.1, 0.15) is 26.3 Å². The van der Waals surface area contributed by atoms with Crippen LogP contribution in [0.15, 0.2) is 18.2 Å². The molecule has 0 spiro atoms. The van der Waals surface area contributed by atoms with Crippen molar-refractivity contribution in [2.45, 2.75) is 26.4 Å². The molecule has 0 atom stereocenters. The van der Waals surface area contributed by atoms with Gasteiger partial charge in [-0.05, 0) is 38.5 Å². The van der Waals surface area contributed by atoms with Crippen molar-refractivity contribution in [1.82, 2.24) is 0 Å². The van der Waals surface area contributed by atoms with E-state index in [2.05, 4.69) is 0 Å². The lowest BCUT2D eigenvalue weighted by Crippen LogP contribution is -2.22. The summed E-state index contributed by atoms with van der Waals surface area (Å²) >= 11 is 12.0. The van der Waals surface area contributed by atoms with E-state index in [4.69, 9.17) is 32.7 Å². The van der Waals surface area contributed by atoms with Crippen molar-refractivity contribution in [1.29, 1.82) is 0 Å². The van der Waals surface area contributed by atoms with Crippen LogP contribution in [0.2, 0.25) is 10.0 Å². The van der Waals surface area contributed by atoms with Crippen LogP contribution >= 0.6 is 23.2 Å². The lowest BCUT2D eigenvalue weighted by molar-refractivity contribution is -0.148. The average Bonchev–Trinajstić information content (AvgIpc) is 2.27. The van der Waals surface area contributed by atoms with Gasteiger partial charge in [0.25, 0.3) is 0 Å². The number of carbonyl (C=O) groups is 1. The summed E-state index contributed by atoms with van der Waals surface area (Å²) in [6.07, 6.45) is 2.87. The highest BCUT2D eigenvalue weighted by atomic mass is 35.5. The van der Waals surface area contributed by atoms with E-state index in [1.807, 2.05) is 0 Å². The lowest BCUT2D eigenvalue weighted by Gasteiger charge is -2.17. The molecule has 0 amide bonds. The Morgan fingerprint density at radius 2 is 1.84 bits per heavy atom. The third-order valence-electron chi connectivity index (χ3n) is 2.08. The van der Waals surface area contributed by atoms with Gasteiger partial charge in [0.15, 0.2) is 0 Å². The van der Waals surface area contributed by atoms with E-state index in [-0.39, 0.29) is 0 Å². The van der Waals surface area contributed by atoms with Gasteiger partial charge < -0.3 is 9.47 Å². The number of esters is 1. The Bertz CT molecular complexity index is 502. The van der Waals surface area contributed by atoms with Crippen molar-refractivity contribution in [3.63, 3.8) is 0 Å². The highest BCUT2D eigenvalue weighted by Crippen LogP contribution is 2.31. The number of halogens is 2. The molecule has 0 unspecified atom stereocenters. The Hall–Kier alpha value is -1.19.